The quantitative estimate of drug-likeness (QED) is 0.690. The number of benzene rings is 1. The minimum atomic E-state index is -0.00343. The fourth-order valence-corrected chi connectivity index (χ4v) is 3.89. The van der Waals surface area contributed by atoms with Crippen LogP contribution in [-0.4, -0.2) is 53.6 Å². The van der Waals surface area contributed by atoms with E-state index in [2.05, 4.69) is 0 Å². The third-order valence-corrected chi connectivity index (χ3v) is 5.73. The van der Waals surface area contributed by atoms with Gasteiger partial charge < -0.3 is 9.80 Å². The molecule has 0 atom stereocenters. The average Bonchev–Trinajstić information content (AvgIpc) is 3.26. The van der Waals surface area contributed by atoms with E-state index in [-0.39, 0.29) is 30.4 Å². The second-order valence-corrected chi connectivity index (χ2v) is 7.60. The van der Waals surface area contributed by atoms with E-state index in [9.17, 15) is 14.4 Å². The molecule has 6 heteroatoms. The number of carbonyl (C=O) groups excluding carboxylic acids is 3. The van der Waals surface area contributed by atoms with Gasteiger partial charge in [0, 0.05) is 45.4 Å². The molecule has 1 aromatic heterocycles. The molecule has 1 aliphatic heterocycles. The molecule has 27 heavy (non-hydrogen) atoms. The number of amides is 2. The van der Waals surface area contributed by atoms with Crippen LogP contribution in [0.15, 0.2) is 47.8 Å². The largest absolute Gasteiger partial charge is 0.339 e. The molecule has 0 spiro atoms. The minimum Gasteiger partial charge on any atom is -0.339 e. The van der Waals surface area contributed by atoms with Gasteiger partial charge in [-0.05, 0) is 23.4 Å². The Morgan fingerprint density at radius 3 is 2.00 bits per heavy atom. The summed E-state index contributed by atoms with van der Waals surface area (Å²) in [6, 6.07) is 13.6. The van der Waals surface area contributed by atoms with Gasteiger partial charge in [-0.1, -0.05) is 36.4 Å². The molecule has 1 fully saturated rings. The van der Waals surface area contributed by atoms with Crippen LogP contribution in [0, 0.1) is 0 Å². The van der Waals surface area contributed by atoms with Crippen molar-refractivity contribution >= 4 is 28.9 Å². The number of piperazine rings is 1. The Bertz CT molecular complexity index is 766. The summed E-state index contributed by atoms with van der Waals surface area (Å²) in [5.74, 6) is 0.156. The fourth-order valence-electron chi connectivity index (χ4n) is 3.20. The zero-order chi connectivity index (χ0) is 19.1. The number of nitrogens with zero attached hydrogens (tertiary/aromatic N) is 2. The summed E-state index contributed by atoms with van der Waals surface area (Å²) in [6.07, 6.45) is 1.71. The lowest BCUT2D eigenvalue weighted by Crippen LogP contribution is -2.50. The van der Waals surface area contributed by atoms with E-state index in [0.717, 1.165) is 12.0 Å². The molecule has 2 amide bonds. The molecule has 0 radical (unpaired) electrons. The lowest BCUT2D eigenvalue weighted by Gasteiger charge is -2.35. The molecule has 0 saturated carbocycles. The Morgan fingerprint density at radius 1 is 0.778 bits per heavy atom. The molecule has 0 unspecified atom stereocenters. The van der Waals surface area contributed by atoms with Crippen LogP contribution in [0.1, 0.15) is 34.5 Å². The fraction of sp³-hybridized carbons (Fsp3) is 0.381. The number of carbonyl (C=O) groups is 3. The first-order valence-corrected chi connectivity index (χ1v) is 10.2. The smallest absolute Gasteiger partial charge is 0.223 e. The molecular formula is C21H24N2O3S. The number of ketones is 1. The number of aryl methyl sites for hydroxylation is 1. The molecule has 1 aromatic carbocycles. The van der Waals surface area contributed by atoms with Crippen molar-refractivity contribution in [3.8, 4) is 0 Å². The molecule has 2 heterocycles. The summed E-state index contributed by atoms with van der Waals surface area (Å²) in [5, 5.41) is 1.86. The normalized spacial score (nSPS) is 14.2. The number of hydrogen-bond acceptors (Lipinski definition) is 4. The standard InChI is InChI=1S/C21H24N2O3S/c24-18(19-7-4-16-27-19)9-11-21(26)23-14-12-22(13-15-23)20(25)10-8-17-5-2-1-3-6-17/h1-7,16H,8-15H2. The molecule has 5 nitrogen and oxygen atoms in total. The van der Waals surface area contributed by atoms with E-state index < -0.39 is 0 Å². The van der Waals surface area contributed by atoms with Crippen LogP contribution in [0.25, 0.3) is 0 Å². The van der Waals surface area contributed by atoms with Crippen molar-refractivity contribution in [1.29, 1.82) is 0 Å². The second kappa shape index (κ2) is 9.46. The first-order valence-electron chi connectivity index (χ1n) is 9.29. The van der Waals surface area contributed by atoms with Crippen molar-refractivity contribution in [3.05, 3.63) is 58.3 Å². The van der Waals surface area contributed by atoms with Crippen molar-refractivity contribution in [2.24, 2.45) is 0 Å². The first kappa shape index (κ1) is 19.3. The van der Waals surface area contributed by atoms with Crippen molar-refractivity contribution in [2.45, 2.75) is 25.7 Å². The van der Waals surface area contributed by atoms with E-state index in [4.69, 9.17) is 0 Å². The molecular weight excluding hydrogens is 360 g/mol. The lowest BCUT2D eigenvalue weighted by molar-refractivity contribution is -0.139. The summed E-state index contributed by atoms with van der Waals surface area (Å²) in [5.41, 5.74) is 1.16. The van der Waals surface area contributed by atoms with Crippen LogP contribution in [-0.2, 0) is 16.0 Å². The van der Waals surface area contributed by atoms with Gasteiger partial charge >= 0.3 is 0 Å². The number of Topliss-reactive ketones (excluding diaryl/α,β-unsaturated/α-hetero) is 1. The van der Waals surface area contributed by atoms with Crippen molar-refractivity contribution < 1.29 is 14.4 Å². The maximum atomic E-state index is 12.4. The summed E-state index contributed by atoms with van der Waals surface area (Å²) >= 11 is 1.41. The summed E-state index contributed by atoms with van der Waals surface area (Å²) in [6.45, 7) is 2.22. The zero-order valence-corrected chi connectivity index (χ0v) is 16.1. The lowest BCUT2D eigenvalue weighted by atomic mass is 10.1. The van der Waals surface area contributed by atoms with Crippen molar-refractivity contribution in [1.82, 2.24) is 9.80 Å². The van der Waals surface area contributed by atoms with E-state index in [0.29, 0.717) is 37.5 Å². The first-order chi connectivity index (χ1) is 13.1. The molecule has 0 bridgehead atoms. The molecule has 2 aromatic rings. The van der Waals surface area contributed by atoms with E-state index in [1.165, 1.54) is 11.3 Å². The molecule has 1 saturated heterocycles. The Morgan fingerprint density at radius 2 is 1.41 bits per heavy atom. The topological polar surface area (TPSA) is 57.7 Å². The SMILES string of the molecule is O=C(CCC(=O)N1CCN(C(=O)CCc2ccccc2)CC1)c1cccs1. The Hall–Kier alpha value is -2.47. The van der Waals surface area contributed by atoms with Gasteiger partial charge in [0.2, 0.25) is 11.8 Å². The predicted octanol–water partition coefficient (Wildman–Crippen LogP) is 3.01. The summed E-state index contributed by atoms with van der Waals surface area (Å²) in [4.78, 5) is 41.0. The van der Waals surface area contributed by atoms with Gasteiger partial charge in [-0.15, -0.1) is 11.3 Å². The molecule has 1 aliphatic rings. The van der Waals surface area contributed by atoms with Crippen LogP contribution >= 0.6 is 11.3 Å². The van der Waals surface area contributed by atoms with Crippen molar-refractivity contribution in [3.63, 3.8) is 0 Å². The van der Waals surface area contributed by atoms with E-state index >= 15 is 0 Å². The van der Waals surface area contributed by atoms with Gasteiger partial charge in [0.15, 0.2) is 5.78 Å². The highest BCUT2D eigenvalue weighted by molar-refractivity contribution is 7.12. The van der Waals surface area contributed by atoms with Crippen molar-refractivity contribution in [2.75, 3.05) is 26.2 Å². The van der Waals surface area contributed by atoms with Crippen LogP contribution in [0.2, 0.25) is 0 Å². The van der Waals surface area contributed by atoms with Gasteiger partial charge in [0.25, 0.3) is 0 Å². The van der Waals surface area contributed by atoms with Gasteiger partial charge in [-0.25, -0.2) is 0 Å². The van der Waals surface area contributed by atoms with Gasteiger partial charge in [0.05, 0.1) is 4.88 Å². The second-order valence-electron chi connectivity index (χ2n) is 6.65. The highest BCUT2D eigenvalue weighted by Crippen LogP contribution is 2.14. The maximum absolute atomic E-state index is 12.4. The summed E-state index contributed by atoms with van der Waals surface area (Å²) in [7, 11) is 0. The number of rotatable bonds is 7. The minimum absolute atomic E-state index is 0.00343. The number of thiophene rings is 1. The molecule has 3 rings (SSSR count). The van der Waals surface area contributed by atoms with Gasteiger partial charge in [0.1, 0.15) is 0 Å². The Labute approximate surface area is 163 Å². The van der Waals surface area contributed by atoms with Gasteiger partial charge in [-0.3, -0.25) is 14.4 Å². The monoisotopic (exact) mass is 384 g/mol. The van der Waals surface area contributed by atoms with Crippen LogP contribution in [0.3, 0.4) is 0 Å². The van der Waals surface area contributed by atoms with Crippen LogP contribution in [0.5, 0.6) is 0 Å². The average molecular weight is 385 g/mol. The highest BCUT2D eigenvalue weighted by atomic mass is 32.1. The van der Waals surface area contributed by atoms with Crippen LogP contribution in [0.4, 0.5) is 0 Å². The Balaban J connectivity index is 1.38. The maximum Gasteiger partial charge on any atom is 0.223 e. The Kier molecular flexibility index (Phi) is 6.76. The third-order valence-electron chi connectivity index (χ3n) is 4.82. The van der Waals surface area contributed by atoms with E-state index in [1.54, 1.807) is 11.0 Å². The third kappa shape index (κ3) is 5.50. The number of hydrogen-bond donors (Lipinski definition) is 0. The predicted molar refractivity (Wildman–Crippen MR) is 106 cm³/mol. The van der Waals surface area contributed by atoms with Gasteiger partial charge in [-0.2, -0.15) is 0 Å². The molecule has 142 valence electrons. The molecule has 0 aliphatic carbocycles. The van der Waals surface area contributed by atoms with E-state index in [1.807, 2.05) is 46.7 Å². The molecule has 0 N–H and O–H groups in total. The summed E-state index contributed by atoms with van der Waals surface area (Å²) < 4.78 is 0. The highest BCUT2D eigenvalue weighted by Gasteiger charge is 2.24. The zero-order valence-electron chi connectivity index (χ0n) is 15.3. The van der Waals surface area contributed by atoms with Crippen LogP contribution < -0.4 is 0 Å².